The molecule has 1 fully saturated rings. The fraction of sp³-hybridized carbons (Fsp3) is 1.00. The van der Waals surface area contributed by atoms with Crippen LogP contribution in [0.5, 0.6) is 0 Å². The average molecular weight is 243 g/mol. The van der Waals surface area contributed by atoms with Crippen molar-refractivity contribution < 1.29 is 0 Å². The van der Waals surface area contributed by atoms with Gasteiger partial charge in [-0.15, -0.1) is 24.8 Å². The number of likely N-dealkylation sites (tertiary alicyclic amines) is 1. The van der Waals surface area contributed by atoms with Crippen LogP contribution in [0.1, 0.15) is 39.5 Å². The van der Waals surface area contributed by atoms with Gasteiger partial charge >= 0.3 is 0 Å². The highest BCUT2D eigenvalue weighted by atomic mass is 35.5. The molecule has 14 heavy (non-hydrogen) atoms. The predicted octanol–water partition coefficient (Wildman–Crippen LogP) is 2.44. The zero-order valence-electron chi connectivity index (χ0n) is 9.29. The molecular weight excluding hydrogens is 219 g/mol. The van der Waals surface area contributed by atoms with Crippen LogP contribution < -0.4 is 5.73 Å². The Hall–Kier alpha value is 0.500. The van der Waals surface area contributed by atoms with Crippen molar-refractivity contribution in [1.82, 2.24) is 4.90 Å². The van der Waals surface area contributed by atoms with E-state index in [1.54, 1.807) is 0 Å². The molecule has 1 saturated heterocycles. The number of halogens is 2. The van der Waals surface area contributed by atoms with Crippen LogP contribution in [0.2, 0.25) is 0 Å². The van der Waals surface area contributed by atoms with Gasteiger partial charge in [0.15, 0.2) is 0 Å². The molecule has 1 heterocycles. The molecule has 0 unspecified atom stereocenters. The molecule has 0 saturated carbocycles. The van der Waals surface area contributed by atoms with Gasteiger partial charge in [0.05, 0.1) is 0 Å². The topological polar surface area (TPSA) is 29.3 Å². The molecule has 0 bridgehead atoms. The Morgan fingerprint density at radius 1 is 1.14 bits per heavy atom. The van der Waals surface area contributed by atoms with Crippen LogP contribution in [0.25, 0.3) is 0 Å². The van der Waals surface area contributed by atoms with E-state index in [0.29, 0.717) is 0 Å². The quantitative estimate of drug-likeness (QED) is 0.821. The third-order valence-corrected chi connectivity index (χ3v) is 2.49. The van der Waals surface area contributed by atoms with E-state index in [0.717, 1.165) is 6.42 Å². The number of hydrogen-bond acceptors (Lipinski definition) is 2. The maximum atomic E-state index is 5.90. The van der Waals surface area contributed by atoms with Crippen LogP contribution in [0.3, 0.4) is 0 Å². The summed E-state index contributed by atoms with van der Waals surface area (Å²) in [5.41, 5.74) is 5.93. The molecule has 1 rings (SSSR count). The summed E-state index contributed by atoms with van der Waals surface area (Å²) in [4.78, 5) is 2.55. The van der Waals surface area contributed by atoms with Gasteiger partial charge in [-0.1, -0.05) is 0 Å². The van der Waals surface area contributed by atoms with E-state index in [1.165, 1.54) is 38.9 Å². The second kappa shape index (κ2) is 7.75. The third-order valence-electron chi connectivity index (χ3n) is 2.49. The van der Waals surface area contributed by atoms with Crippen LogP contribution in [0.4, 0.5) is 0 Å². The lowest BCUT2D eigenvalue weighted by Gasteiger charge is -2.20. The van der Waals surface area contributed by atoms with Gasteiger partial charge in [-0.05, 0) is 59.2 Å². The third kappa shape index (κ3) is 7.86. The Morgan fingerprint density at radius 2 is 1.64 bits per heavy atom. The summed E-state index contributed by atoms with van der Waals surface area (Å²) in [7, 11) is 0. The largest absolute Gasteiger partial charge is 0.326 e. The first-order valence-corrected chi connectivity index (χ1v) is 5.09. The molecule has 0 atom stereocenters. The van der Waals surface area contributed by atoms with E-state index in [2.05, 4.69) is 18.7 Å². The monoisotopic (exact) mass is 242 g/mol. The highest BCUT2D eigenvalue weighted by Crippen LogP contribution is 2.11. The highest BCUT2D eigenvalue weighted by molar-refractivity contribution is 5.85. The van der Waals surface area contributed by atoms with Gasteiger partial charge in [-0.25, -0.2) is 0 Å². The Kier molecular flexibility index (Phi) is 9.36. The summed E-state index contributed by atoms with van der Waals surface area (Å²) in [6, 6.07) is 0. The molecule has 0 aromatic rings. The maximum absolute atomic E-state index is 5.90. The Morgan fingerprint density at radius 3 is 2.07 bits per heavy atom. The van der Waals surface area contributed by atoms with Crippen molar-refractivity contribution in [3.05, 3.63) is 0 Å². The minimum absolute atomic E-state index is 0. The maximum Gasteiger partial charge on any atom is 0.00975 e. The van der Waals surface area contributed by atoms with Gasteiger partial charge in [0, 0.05) is 5.54 Å². The van der Waals surface area contributed by atoms with Crippen molar-refractivity contribution in [2.24, 2.45) is 5.73 Å². The van der Waals surface area contributed by atoms with Gasteiger partial charge in [-0.3, -0.25) is 0 Å². The molecule has 0 amide bonds. The second-order valence-corrected chi connectivity index (χ2v) is 4.64. The molecule has 1 aliphatic heterocycles. The van der Waals surface area contributed by atoms with Crippen molar-refractivity contribution >= 4 is 24.8 Å². The molecule has 2 N–H and O–H groups in total. The molecule has 88 valence electrons. The molecule has 1 aliphatic rings. The minimum atomic E-state index is 0. The van der Waals surface area contributed by atoms with Gasteiger partial charge in [0.1, 0.15) is 0 Å². The number of hydrogen-bond donors (Lipinski definition) is 1. The number of nitrogens with two attached hydrogens (primary N) is 1. The van der Waals surface area contributed by atoms with Gasteiger partial charge in [0.25, 0.3) is 0 Å². The molecule has 0 aromatic heterocycles. The molecule has 0 radical (unpaired) electrons. The zero-order valence-corrected chi connectivity index (χ0v) is 10.9. The van der Waals surface area contributed by atoms with Crippen molar-refractivity contribution in [2.45, 2.75) is 45.1 Å². The van der Waals surface area contributed by atoms with E-state index in [4.69, 9.17) is 5.73 Å². The summed E-state index contributed by atoms with van der Waals surface area (Å²) >= 11 is 0. The molecule has 2 nitrogen and oxygen atoms in total. The smallest absolute Gasteiger partial charge is 0.00975 e. The van der Waals surface area contributed by atoms with Crippen LogP contribution in [0, 0.1) is 0 Å². The lowest BCUT2D eigenvalue weighted by molar-refractivity contribution is 0.312. The molecule has 0 spiro atoms. The second-order valence-electron chi connectivity index (χ2n) is 4.64. The Bertz CT molecular complexity index is 129. The summed E-state index contributed by atoms with van der Waals surface area (Å²) < 4.78 is 0. The molecule has 4 heteroatoms. The summed E-state index contributed by atoms with van der Waals surface area (Å²) in [5.74, 6) is 0. The Labute approximate surface area is 100 Å². The molecule has 0 aromatic carbocycles. The first-order chi connectivity index (χ1) is 5.58. The van der Waals surface area contributed by atoms with Crippen LogP contribution in [-0.4, -0.2) is 30.1 Å². The predicted molar refractivity (Wildman–Crippen MR) is 67.7 cm³/mol. The zero-order chi connectivity index (χ0) is 9.03. The normalized spacial score (nSPS) is 17.4. The summed E-state index contributed by atoms with van der Waals surface area (Å²) in [5, 5.41) is 0. The minimum Gasteiger partial charge on any atom is -0.326 e. The van der Waals surface area contributed by atoms with Gasteiger partial charge in [0.2, 0.25) is 0 Å². The summed E-state index contributed by atoms with van der Waals surface area (Å²) in [6.07, 6.45) is 5.19. The fourth-order valence-corrected chi connectivity index (χ4v) is 1.76. The van der Waals surface area contributed by atoms with Crippen LogP contribution in [0.15, 0.2) is 0 Å². The Balaban J connectivity index is 0. The van der Waals surface area contributed by atoms with E-state index in [-0.39, 0.29) is 30.4 Å². The van der Waals surface area contributed by atoms with E-state index in [9.17, 15) is 0 Å². The first kappa shape index (κ1) is 16.9. The molecule has 0 aliphatic carbocycles. The lowest BCUT2D eigenvalue weighted by atomic mass is 10.0. The standard InChI is InChI=1S/C10H22N2.2ClH/c1-10(2,11)6-5-9-12-7-3-4-8-12;;/h3-9,11H2,1-2H3;2*1H. The first-order valence-electron chi connectivity index (χ1n) is 5.09. The fourth-order valence-electron chi connectivity index (χ4n) is 1.76. The van der Waals surface area contributed by atoms with E-state index < -0.39 is 0 Å². The van der Waals surface area contributed by atoms with Crippen molar-refractivity contribution in [3.63, 3.8) is 0 Å². The van der Waals surface area contributed by atoms with Crippen molar-refractivity contribution in [1.29, 1.82) is 0 Å². The highest BCUT2D eigenvalue weighted by Gasteiger charge is 2.13. The van der Waals surface area contributed by atoms with Crippen molar-refractivity contribution in [3.8, 4) is 0 Å². The van der Waals surface area contributed by atoms with Crippen molar-refractivity contribution in [2.75, 3.05) is 19.6 Å². The molecular formula is C10H24Cl2N2. The van der Waals surface area contributed by atoms with Crippen LogP contribution >= 0.6 is 24.8 Å². The SMILES string of the molecule is CC(C)(N)CCCN1CCCC1.Cl.Cl. The number of nitrogens with zero attached hydrogens (tertiary/aromatic N) is 1. The number of rotatable bonds is 4. The lowest BCUT2D eigenvalue weighted by Crippen LogP contribution is -2.33. The van der Waals surface area contributed by atoms with Gasteiger partial charge < -0.3 is 10.6 Å². The summed E-state index contributed by atoms with van der Waals surface area (Å²) in [6.45, 7) is 8.09. The van der Waals surface area contributed by atoms with E-state index >= 15 is 0 Å². The van der Waals surface area contributed by atoms with E-state index in [1.807, 2.05) is 0 Å². The average Bonchev–Trinajstić information content (AvgIpc) is 2.36. The van der Waals surface area contributed by atoms with Crippen LogP contribution in [-0.2, 0) is 0 Å². The van der Waals surface area contributed by atoms with Gasteiger partial charge in [-0.2, -0.15) is 0 Å².